The Labute approximate surface area is 177 Å². The number of nitrogens with one attached hydrogen (secondary N) is 2. The molecule has 0 radical (unpaired) electrons. The lowest BCUT2D eigenvalue weighted by atomic mass is 10.0. The smallest absolute Gasteiger partial charge is 0.352 e. The fourth-order valence-electron chi connectivity index (χ4n) is 3.10. The summed E-state index contributed by atoms with van der Waals surface area (Å²) in [5.41, 5.74) is 0.709. The second kappa shape index (κ2) is 8.22. The van der Waals surface area contributed by atoms with Gasteiger partial charge >= 0.3 is 5.97 Å². The van der Waals surface area contributed by atoms with Gasteiger partial charge in [-0.25, -0.2) is 4.79 Å². The van der Waals surface area contributed by atoms with Crippen molar-refractivity contribution in [3.8, 4) is 0 Å². The molecule has 1 aromatic rings. The average molecular weight is 460 g/mol. The van der Waals surface area contributed by atoms with Gasteiger partial charge in [-0.3, -0.25) is 19.8 Å². The summed E-state index contributed by atoms with van der Waals surface area (Å²) < 4.78 is 0.767. The van der Waals surface area contributed by atoms with Crippen LogP contribution in [0.1, 0.15) is 5.01 Å². The van der Waals surface area contributed by atoms with Crippen LogP contribution in [0, 0.1) is 6.92 Å². The summed E-state index contributed by atoms with van der Waals surface area (Å²) in [6.07, 6.45) is 0. The maximum absolute atomic E-state index is 12.6. The van der Waals surface area contributed by atoms with E-state index < -0.39 is 12.0 Å². The van der Waals surface area contributed by atoms with E-state index in [-0.39, 0.29) is 28.9 Å². The van der Waals surface area contributed by atoms with E-state index in [0.29, 0.717) is 28.7 Å². The SMILES string of the molecule is Cc1nnc(SCC2=C(C(=O)O)N3C(=O)C(NC(=O)C4CSCN4)[C@@H]3SC2)s1. The van der Waals surface area contributed by atoms with Crippen molar-refractivity contribution in [3.05, 3.63) is 16.3 Å². The maximum atomic E-state index is 12.6. The lowest BCUT2D eigenvalue weighted by Gasteiger charge is -2.49. The monoisotopic (exact) mass is 459 g/mol. The highest BCUT2D eigenvalue weighted by molar-refractivity contribution is 8.01. The maximum Gasteiger partial charge on any atom is 0.352 e. The number of carboxylic acid groups (broad SMARTS) is 1. The van der Waals surface area contributed by atoms with Gasteiger partial charge in [-0.15, -0.1) is 33.7 Å². The number of nitrogens with zero attached hydrogens (tertiary/aromatic N) is 3. The van der Waals surface area contributed by atoms with Gasteiger partial charge in [-0.1, -0.05) is 23.1 Å². The van der Waals surface area contributed by atoms with Crippen molar-refractivity contribution >= 4 is 64.4 Å². The summed E-state index contributed by atoms with van der Waals surface area (Å²) in [4.78, 5) is 38.1. The predicted octanol–water partition coefficient (Wildman–Crippen LogP) is 0.340. The van der Waals surface area contributed by atoms with Crippen LogP contribution >= 0.6 is 46.6 Å². The van der Waals surface area contributed by atoms with Gasteiger partial charge in [0, 0.05) is 23.1 Å². The standard InChI is InChI=1S/C15H17N5O4S4/c1-6-18-19-15(28-6)27-3-7-2-26-13-9(12(22)20(13)10(7)14(23)24)17-11(21)8-4-25-5-16-8/h8-9,13,16H,2-5H2,1H3,(H,17,21)(H,23,24)/t8?,9?,13-/m0/s1. The molecule has 0 aliphatic carbocycles. The molecule has 0 spiro atoms. The third-order valence-electron chi connectivity index (χ3n) is 4.46. The molecular weight excluding hydrogens is 442 g/mol. The van der Waals surface area contributed by atoms with E-state index in [1.165, 1.54) is 39.8 Å². The molecular formula is C15H17N5O4S4. The number of aliphatic carboxylic acids is 1. The zero-order valence-corrected chi connectivity index (χ0v) is 18.0. The number of amides is 2. The highest BCUT2D eigenvalue weighted by atomic mass is 32.2. The van der Waals surface area contributed by atoms with Crippen LogP contribution in [0.2, 0.25) is 0 Å². The first-order valence-electron chi connectivity index (χ1n) is 8.40. The minimum Gasteiger partial charge on any atom is -0.477 e. The summed E-state index contributed by atoms with van der Waals surface area (Å²) >= 11 is 5.97. The third-order valence-corrected chi connectivity index (χ3v) is 8.80. The molecule has 4 heterocycles. The lowest BCUT2D eigenvalue weighted by molar-refractivity contribution is -0.150. The molecule has 0 bridgehead atoms. The molecule has 150 valence electrons. The van der Waals surface area contributed by atoms with Crippen LogP contribution in [0.15, 0.2) is 15.6 Å². The number of rotatable bonds is 6. The van der Waals surface area contributed by atoms with Crippen molar-refractivity contribution in [1.29, 1.82) is 0 Å². The number of carbonyl (C=O) groups excluding carboxylic acids is 2. The summed E-state index contributed by atoms with van der Waals surface area (Å²) in [6, 6.07) is -0.989. The summed E-state index contributed by atoms with van der Waals surface area (Å²) in [7, 11) is 0. The van der Waals surface area contributed by atoms with Crippen LogP contribution in [0.4, 0.5) is 0 Å². The minimum absolute atomic E-state index is 0.0301. The van der Waals surface area contributed by atoms with Gasteiger partial charge in [-0.05, 0) is 12.5 Å². The van der Waals surface area contributed by atoms with Gasteiger partial charge in [0.15, 0.2) is 4.34 Å². The van der Waals surface area contributed by atoms with Crippen molar-refractivity contribution in [2.75, 3.05) is 23.1 Å². The number of β-lactam (4-membered cyclic amide) rings is 1. The van der Waals surface area contributed by atoms with Crippen LogP contribution in [0.3, 0.4) is 0 Å². The Morgan fingerprint density at radius 2 is 2.25 bits per heavy atom. The molecule has 3 atom stereocenters. The van der Waals surface area contributed by atoms with E-state index in [1.54, 1.807) is 11.8 Å². The molecule has 0 saturated carbocycles. The van der Waals surface area contributed by atoms with Crippen LogP contribution in [0.5, 0.6) is 0 Å². The Morgan fingerprint density at radius 1 is 1.43 bits per heavy atom. The number of aryl methyl sites for hydroxylation is 1. The van der Waals surface area contributed by atoms with Crippen LogP contribution < -0.4 is 10.6 Å². The molecule has 2 saturated heterocycles. The Morgan fingerprint density at radius 3 is 2.89 bits per heavy atom. The van der Waals surface area contributed by atoms with Gasteiger partial charge in [0.2, 0.25) is 5.91 Å². The molecule has 4 rings (SSSR count). The van der Waals surface area contributed by atoms with Gasteiger partial charge in [0.25, 0.3) is 5.91 Å². The number of carboxylic acids is 1. The highest BCUT2D eigenvalue weighted by Gasteiger charge is 2.54. The summed E-state index contributed by atoms with van der Waals surface area (Å²) in [5.74, 6) is 0.593. The second-order valence-electron chi connectivity index (χ2n) is 6.30. The zero-order valence-electron chi connectivity index (χ0n) is 14.7. The van der Waals surface area contributed by atoms with Crippen LogP contribution in [-0.2, 0) is 14.4 Å². The minimum atomic E-state index is -1.12. The molecule has 9 nitrogen and oxygen atoms in total. The zero-order chi connectivity index (χ0) is 19.8. The van der Waals surface area contributed by atoms with Gasteiger partial charge in [0.05, 0.1) is 6.04 Å². The van der Waals surface area contributed by atoms with Crippen LogP contribution in [0.25, 0.3) is 0 Å². The van der Waals surface area contributed by atoms with Gasteiger partial charge in [0.1, 0.15) is 22.1 Å². The van der Waals surface area contributed by atoms with E-state index >= 15 is 0 Å². The number of fused-ring (bicyclic) bond motifs is 1. The van der Waals surface area contributed by atoms with E-state index in [4.69, 9.17) is 0 Å². The topological polar surface area (TPSA) is 125 Å². The molecule has 3 aliphatic rings. The third kappa shape index (κ3) is 3.77. The number of thioether (sulfide) groups is 3. The molecule has 13 heteroatoms. The molecule has 0 aromatic carbocycles. The quantitative estimate of drug-likeness (QED) is 0.405. The van der Waals surface area contributed by atoms with E-state index in [0.717, 1.165) is 9.35 Å². The summed E-state index contributed by atoms with van der Waals surface area (Å²) in [6.45, 7) is 1.86. The Balaban J connectivity index is 1.45. The van der Waals surface area contributed by atoms with E-state index in [2.05, 4.69) is 20.8 Å². The fourth-order valence-corrected chi connectivity index (χ4v) is 7.34. The largest absolute Gasteiger partial charge is 0.477 e. The Hall–Kier alpha value is -1.28. The number of hydrogen-bond donors (Lipinski definition) is 3. The van der Waals surface area contributed by atoms with Crippen molar-refractivity contribution in [1.82, 2.24) is 25.7 Å². The van der Waals surface area contributed by atoms with Gasteiger partial charge < -0.3 is 10.4 Å². The number of hydrogen-bond acceptors (Lipinski definition) is 10. The predicted molar refractivity (Wildman–Crippen MR) is 109 cm³/mol. The molecule has 28 heavy (non-hydrogen) atoms. The van der Waals surface area contributed by atoms with E-state index in [9.17, 15) is 19.5 Å². The second-order valence-corrected chi connectivity index (χ2v) is 10.8. The van der Waals surface area contributed by atoms with E-state index in [1.807, 2.05) is 6.92 Å². The molecule has 3 aliphatic heterocycles. The number of carbonyl (C=O) groups is 3. The van der Waals surface area contributed by atoms with Crippen molar-refractivity contribution in [3.63, 3.8) is 0 Å². The van der Waals surface area contributed by atoms with Gasteiger partial charge in [-0.2, -0.15) is 0 Å². The molecule has 3 N–H and O–H groups in total. The van der Waals surface area contributed by atoms with Crippen LogP contribution in [-0.4, -0.2) is 78.6 Å². The van der Waals surface area contributed by atoms with Crippen molar-refractivity contribution < 1.29 is 19.5 Å². The Bertz CT molecular complexity index is 853. The Kier molecular flexibility index (Phi) is 5.88. The first kappa shape index (κ1) is 20.0. The highest BCUT2D eigenvalue weighted by Crippen LogP contribution is 2.41. The molecule has 2 fully saturated rings. The lowest BCUT2D eigenvalue weighted by Crippen LogP contribution is -2.71. The fraction of sp³-hybridized carbons (Fsp3) is 0.533. The average Bonchev–Trinajstić information content (AvgIpc) is 3.35. The number of aromatic nitrogens is 2. The van der Waals surface area contributed by atoms with Crippen molar-refractivity contribution in [2.24, 2.45) is 0 Å². The molecule has 2 unspecified atom stereocenters. The molecule has 2 amide bonds. The summed E-state index contributed by atoms with van der Waals surface area (Å²) in [5, 5.41) is 24.0. The molecule has 1 aromatic heterocycles. The van der Waals surface area contributed by atoms with Crippen molar-refractivity contribution in [2.45, 2.75) is 28.7 Å². The first-order valence-corrected chi connectivity index (χ1v) is 12.4. The normalized spacial score (nSPS) is 26.8. The first-order chi connectivity index (χ1) is 13.5.